The maximum Gasteiger partial charge on any atom is 0.417 e. The van der Waals surface area contributed by atoms with Crippen molar-refractivity contribution in [1.82, 2.24) is 9.88 Å². The van der Waals surface area contributed by atoms with E-state index in [1.807, 2.05) is 17.9 Å². The van der Waals surface area contributed by atoms with Gasteiger partial charge in [0.1, 0.15) is 5.82 Å². The van der Waals surface area contributed by atoms with Crippen LogP contribution in [0, 0.1) is 0 Å². The van der Waals surface area contributed by atoms with Gasteiger partial charge >= 0.3 is 6.18 Å². The summed E-state index contributed by atoms with van der Waals surface area (Å²) in [6.45, 7) is 9.59. The van der Waals surface area contributed by atoms with Crippen LogP contribution < -0.4 is 4.90 Å². The van der Waals surface area contributed by atoms with Crippen molar-refractivity contribution in [2.75, 3.05) is 43.9 Å². The molecule has 5 nitrogen and oxygen atoms in total. The molecular weight excluding hydrogens is 439 g/mol. The molecule has 1 aliphatic rings. The van der Waals surface area contributed by atoms with E-state index in [1.165, 1.54) is 12.3 Å². The topological polar surface area (TPSA) is 53.5 Å². The predicted octanol–water partition coefficient (Wildman–Crippen LogP) is 4.29. The summed E-state index contributed by atoms with van der Waals surface area (Å²) < 4.78 is 61.5. The first-order chi connectivity index (χ1) is 15.0. The summed E-state index contributed by atoms with van der Waals surface area (Å²) in [5, 5.41) is 0. The SMILES string of the molecule is C=C(/C(=C\C)CN1CCN(c2ccc(C(F)(F)F)cn2)CC1)c1ccc(S(C)(=O)=O)cc1. The number of piperazine rings is 1. The summed E-state index contributed by atoms with van der Waals surface area (Å²) in [5.74, 6) is 0.541. The monoisotopic (exact) mass is 465 g/mol. The first kappa shape index (κ1) is 24.0. The highest BCUT2D eigenvalue weighted by molar-refractivity contribution is 7.90. The van der Waals surface area contributed by atoms with Gasteiger partial charge in [-0.05, 0) is 47.9 Å². The number of nitrogens with zero attached hydrogens (tertiary/aromatic N) is 3. The number of alkyl halides is 3. The number of pyridine rings is 1. The Morgan fingerprint density at radius 2 is 1.72 bits per heavy atom. The molecule has 0 spiro atoms. The summed E-state index contributed by atoms with van der Waals surface area (Å²) in [4.78, 5) is 8.48. The Labute approximate surface area is 186 Å². The Balaban J connectivity index is 1.59. The average molecular weight is 466 g/mol. The van der Waals surface area contributed by atoms with Crippen LogP contribution in [-0.2, 0) is 16.0 Å². The zero-order valence-electron chi connectivity index (χ0n) is 18.1. The van der Waals surface area contributed by atoms with Crippen LogP contribution in [0.4, 0.5) is 19.0 Å². The third kappa shape index (κ3) is 5.77. The molecule has 2 aromatic rings. The van der Waals surface area contributed by atoms with Gasteiger partial charge in [0.25, 0.3) is 0 Å². The van der Waals surface area contributed by atoms with E-state index in [0.29, 0.717) is 25.5 Å². The fourth-order valence-electron chi connectivity index (χ4n) is 3.57. The number of halogens is 3. The van der Waals surface area contributed by atoms with Gasteiger partial charge in [0.15, 0.2) is 9.84 Å². The molecule has 1 aliphatic heterocycles. The van der Waals surface area contributed by atoms with Crippen LogP contribution in [0.3, 0.4) is 0 Å². The molecule has 0 atom stereocenters. The summed E-state index contributed by atoms with van der Waals surface area (Å²) in [5.41, 5.74) is 1.98. The number of hydrogen-bond acceptors (Lipinski definition) is 5. The molecule has 172 valence electrons. The number of allylic oxidation sites excluding steroid dienone is 1. The minimum atomic E-state index is -4.39. The second-order valence-corrected chi connectivity index (χ2v) is 9.77. The Hall–Kier alpha value is -2.65. The molecule has 0 aliphatic carbocycles. The van der Waals surface area contributed by atoms with Crippen molar-refractivity contribution in [2.45, 2.75) is 18.0 Å². The number of hydrogen-bond donors (Lipinski definition) is 0. The molecular formula is C23H26F3N3O2S. The van der Waals surface area contributed by atoms with Crippen molar-refractivity contribution in [3.63, 3.8) is 0 Å². The molecule has 0 unspecified atom stereocenters. The minimum absolute atomic E-state index is 0.268. The first-order valence-corrected chi connectivity index (χ1v) is 12.0. The van der Waals surface area contributed by atoms with Gasteiger partial charge in [-0.15, -0.1) is 0 Å². The van der Waals surface area contributed by atoms with Crippen LogP contribution in [-0.4, -0.2) is 57.3 Å². The van der Waals surface area contributed by atoms with Gasteiger partial charge in [-0.25, -0.2) is 13.4 Å². The molecule has 32 heavy (non-hydrogen) atoms. The molecule has 1 aromatic carbocycles. The molecule has 1 fully saturated rings. The summed E-state index contributed by atoms with van der Waals surface area (Å²) in [6, 6.07) is 9.16. The molecule has 1 saturated heterocycles. The van der Waals surface area contributed by atoms with E-state index in [4.69, 9.17) is 0 Å². The number of sulfone groups is 1. The highest BCUT2D eigenvalue weighted by Gasteiger charge is 2.31. The maximum atomic E-state index is 12.7. The van der Waals surface area contributed by atoms with Crippen molar-refractivity contribution in [3.05, 3.63) is 72.0 Å². The predicted molar refractivity (Wildman–Crippen MR) is 120 cm³/mol. The first-order valence-electron chi connectivity index (χ1n) is 10.1. The lowest BCUT2D eigenvalue weighted by Gasteiger charge is -2.36. The number of aromatic nitrogens is 1. The molecule has 0 bridgehead atoms. The van der Waals surface area contributed by atoms with E-state index in [2.05, 4.69) is 16.5 Å². The van der Waals surface area contributed by atoms with Gasteiger partial charge in [-0.2, -0.15) is 13.2 Å². The van der Waals surface area contributed by atoms with Crippen molar-refractivity contribution in [3.8, 4) is 0 Å². The molecule has 1 aromatic heterocycles. The number of anilines is 1. The highest BCUT2D eigenvalue weighted by atomic mass is 32.2. The zero-order valence-corrected chi connectivity index (χ0v) is 18.9. The van der Waals surface area contributed by atoms with Crippen LogP contribution in [0.1, 0.15) is 18.1 Å². The summed E-state index contributed by atoms with van der Waals surface area (Å²) >= 11 is 0. The number of rotatable bonds is 6. The van der Waals surface area contributed by atoms with Gasteiger partial charge in [0.2, 0.25) is 0 Å². The normalized spacial score (nSPS) is 16.3. The molecule has 0 amide bonds. The van der Waals surface area contributed by atoms with E-state index >= 15 is 0 Å². The fraction of sp³-hybridized carbons (Fsp3) is 0.348. The van der Waals surface area contributed by atoms with Crippen LogP contribution in [0.25, 0.3) is 5.57 Å². The van der Waals surface area contributed by atoms with Crippen molar-refractivity contribution in [1.29, 1.82) is 0 Å². The van der Waals surface area contributed by atoms with E-state index < -0.39 is 21.6 Å². The highest BCUT2D eigenvalue weighted by Crippen LogP contribution is 2.30. The van der Waals surface area contributed by atoms with E-state index in [0.717, 1.165) is 42.1 Å². The smallest absolute Gasteiger partial charge is 0.354 e. The van der Waals surface area contributed by atoms with Crippen molar-refractivity contribution in [2.24, 2.45) is 0 Å². The quantitative estimate of drug-likeness (QED) is 0.596. The van der Waals surface area contributed by atoms with Crippen LogP contribution in [0.5, 0.6) is 0 Å². The molecule has 0 saturated carbocycles. The minimum Gasteiger partial charge on any atom is -0.354 e. The standard InChI is InChI=1S/C23H26F3N3O2S/c1-4-18(17(2)19-5-8-21(9-6-19)32(3,30)31)16-28-11-13-29(14-12-28)22-10-7-20(15-27-22)23(24,25)26/h4-10,15H,2,11-14,16H2,1,3H3/b18-4-. The van der Waals surface area contributed by atoms with Gasteiger partial charge in [0, 0.05) is 45.2 Å². The lowest BCUT2D eigenvalue weighted by Crippen LogP contribution is -2.47. The molecule has 0 radical (unpaired) electrons. The van der Waals surface area contributed by atoms with Crippen LogP contribution >= 0.6 is 0 Å². The van der Waals surface area contributed by atoms with Gasteiger partial charge in [-0.3, -0.25) is 4.90 Å². The Bertz CT molecular complexity index is 1080. The van der Waals surface area contributed by atoms with E-state index in [1.54, 1.807) is 24.3 Å². The summed E-state index contributed by atoms with van der Waals surface area (Å²) in [6.07, 6.45) is -0.343. The lowest BCUT2D eigenvalue weighted by molar-refractivity contribution is -0.137. The molecule has 2 heterocycles. The molecule has 3 rings (SSSR count). The fourth-order valence-corrected chi connectivity index (χ4v) is 4.20. The van der Waals surface area contributed by atoms with E-state index in [-0.39, 0.29) is 4.90 Å². The third-order valence-corrected chi connectivity index (χ3v) is 6.66. The van der Waals surface area contributed by atoms with Gasteiger partial charge < -0.3 is 4.90 Å². The number of benzene rings is 1. The Morgan fingerprint density at radius 3 is 2.19 bits per heavy atom. The molecule has 0 N–H and O–H groups in total. The summed E-state index contributed by atoms with van der Waals surface area (Å²) in [7, 11) is -3.25. The average Bonchev–Trinajstić information content (AvgIpc) is 2.76. The van der Waals surface area contributed by atoms with Crippen molar-refractivity contribution >= 4 is 21.2 Å². The third-order valence-electron chi connectivity index (χ3n) is 5.53. The maximum absolute atomic E-state index is 12.7. The van der Waals surface area contributed by atoms with Crippen molar-refractivity contribution < 1.29 is 21.6 Å². The Kier molecular flexibility index (Phi) is 7.09. The van der Waals surface area contributed by atoms with Crippen LogP contribution in [0.15, 0.2) is 65.7 Å². The zero-order chi connectivity index (χ0) is 23.5. The second kappa shape index (κ2) is 9.46. The lowest BCUT2D eigenvalue weighted by atomic mass is 9.98. The Morgan fingerprint density at radius 1 is 1.09 bits per heavy atom. The largest absolute Gasteiger partial charge is 0.417 e. The van der Waals surface area contributed by atoms with Crippen LogP contribution in [0.2, 0.25) is 0 Å². The molecule has 9 heteroatoms. The van der Waals surface area contributed by atoms with E-state index in [9.17, 15) is 21.6 Å². The second-order valence-electron chi connectivity index (χ2n) is 7.76. The van der Waals surface area contributed by atoms with Gasteiger partial charge in [-0.1, -0.05) is 24.8 Å². The van der Waals surface area contributed by atoms with Gasteiger partial charge in [0.05, 0.1) is 10.5 Å².